The van der Waals surface area contributed by atoms with Crippen molar-refractivity contribution in [1.29, 1.82) is 0 Å². The third-order valence-electron chi connectivity index (χ3n) is 5.50. The van der Waals surface area contributed by atoms with Crippen molar-refractivity contribution in [2.45, 2.75) is 46.3 Å². The SMILES string of the molecule is CCOC(=O)C(Cc1ccc(OCc2nc(-c3ccccc3)oc2C)c2c1OCC2)OCC. The van der Waals surface area contributed by atoms with Gasteiger partial charge in [0.05, 0.1) is 13.2 Å². The first-order valence-corrected chi connectivity index (χ1v) is 11.3. The molecular weight excluding hydrogens is 422 g/mol. The van der Waals surface area contributed by atoms with Crippen LogP contribution in [0.3, 0.4) is 0 Å². The molecule has 3 aromatic rings. The molecule has 1 atom stereocenters. The third kappa shape index (κ3) is 5.20. The fourth-order valence-corrected chi connectivity index (χ4v) is 3.88. The van der Waals surface area contributed by atoms with Crippen molar-refractivity contribution < 1.29 is 28.2 Å². The smallest absolute Gasteiger partial charge is 0.335 e. The van der Waals surface area contributed by atoms with Crippen LogP contribution in [0.2, 0.25) is 0 Å². The minimum absolute atomic E-state index is 0.290. The van der Waals surface area contributed by atoms with E-state index in [-0.39, 0.29) is 5.97 Å². The van der Waals surface area contributed by atoms with Gasteiger partial charge in [0.2, 0.25) is 5.89 Å². The van der Waals surface area contributed by atoms with Crippen LogP contribution in [0, 0.1) is 6.92 Å². The number of carbonyl (C=O) groups excluding carboxylic acids is 1. The van der Waals surface area contributed by atoms with Gasteiger partial charge in [-0.25, -0.2) is 9.78 Å². The van der Waals surface area contributed by atoms with Gasteiger partial charge in [0.15, 0.2) is 6.10 Å². The number of nitrogens with zero attached hydrogens (tertiary/aromatic N) is 1. The van der Waals surface area contributed by atoms with Crippen molar-refractivity contribution in [2.24, 2.45) is 0 Å². The van der Waals surface area contributed by atoms with Crippen LogP contribution >= 0.6 is 0 Å². The maximum atomic E-state index is 12.3. The van der Waals surface area contributed by atoms with Crippen molar-refractivity contribution in [3.05, 3.63) is 65.0 Å². The molecule has 0 radical (unpaired) electrons. The van der Waals surface area contributed by atoms with Gasteiger partial charge in [-0.1, -0.05) is 24.3 Å². The number of benzene rings is 2. The Labute approximate surface area is 193 Å². The normalized spacial score (nSPS) is 13.3. The molecule has 174 valence electrons. The van der Waals surface area contributed by atoms with Gasteiger partial charge in [0.25, 0.3) is 0 Å². The molecule has 1 aliphatic rings. The van der Waals surface area contributed by atoms with Crippen molar-refractivity contribution in [3.63, 3.8) is 0 Å². The minimum atomic E-state index is -0.663. The first-order chi connectivity index (χ1) is 16.1. The Balaban J connectivity index is 1.50. The summed E-state index contributed by atoms with van der Waals surface area (Å²) in [4.78, 5) is 16.9. The molecule has 7 nitrogen and oxygen atoms in total. The zero-order valence-corrected chi connectivity index (χ0v) is 19.3. The molecule has 0 amide bonds. The maximum absolute atomic E-state index is 12.3. The topological polar surface area (TPSA) is 80.0 Å². The highest BCUT2D eigenvalue weighted by atomic mass is 16.6. The lowest BCUT2D eigenvalue weighted by Gasteiger charge is -2.18. The molecule has 0 fully saturated rings. The summed E-state index contributed by atoms with van der Waals surface area (Å²) in [6.45, 7) is 7.14. The monoisotopic (exact) mass is 451 g/mol. The zero-order chi connectivity index (χ0) is 23.2. The summed E-state index contributed by atoms with van der Waals surface area (Å²) in [5.41, 5.74) is 3.58. The van der Waals surface area contributed by atoms with Gasteiger partial charge in [-0.2, -0.15) is 0 Å². The molecule has 0 aliphatic carbocycles. The second kappa shape index (κ2) is 10.5. The van der Waals surface area contributed by atoms with E-state index in [4.69, 9.17) is 23.4 Å². The van der Waals surface area contributed by atoms with Gasteiger partial charge in [0.1, 0.15) is 29.6 Å². The number of fused-ring (bicyclic) bond motifs is 1. The molecule has 1 unspecified atom stereocenters. The predicted molar refractivity (Wildman–Crippen MR) is 122 cm³/mol. The van der Waals surface area contributed by atoms with Crippen molar-refractivity contribution in [2.75, 3.05) is 19.8 Å². The van der Waals surface area contributed by atoms with Crippen LogP contribution in [0.4, 0.5) is 0 Å². The molecule has 0 saturated heterocycles. The van der Waals surface area contributed by atoms with Gasteiger partial charge in [-0.15, -0.1) is 0 Å². The zero-order valence-electron chi connectivity index (χ0n) is 19.3. The summed E-state index contributed by atoms with van der Waals surface area (Å²) in [6.07, 6.45) is 0.465. The Hall–Kier alpha value is -3.32. The Kier molecular flexibility index (Phi) is 7.29. The third-order valence-corrected chi connectivity index (χ3v) is 5.50. The van der Waals surface area contributed by atoms with Crippen LogP contribution in [-0.4, -0.2) is 36.9 Å². The first-order valence-electron chi connectivity index (χ1n) is 11.3. The highest BCUT2D eigenvalue weighted by Gasteiger charge is 2.27. The molecule has 1 aliphatic heterocycles. The first kappa shape index (κ1) is 22.9. The van der Waals surface area contributed by atoms with Crippen molar-refractivity contribution in [1.82, 2.24) is 4.98 Å². The number of rotatable bonds is 10. The van der Waals surface area contributed by atoms with E-state index in [1.807, 2.05) is 56.3 Å². The lowest BCUT2D eigenvalue weighted by atomic mass is 10.0. The Morgan fingerprint density at radius 2 is 1.94 bits per heavy atom. The molecule has 7 heteroatoms. The number of ether oxygens (including phenoxy) is 4. The average molecular weight is 452 g/mol. The van der Waals surface area contributed by atoms with Crippen LogP contribution in [0.5, 0.6) is 11.5 Å². The van der Waals surface area contributed by atoms with Crippen LogP contribution in [0.25, 0.3) is 11.5 Å². The minimum Gasteiger partial charge on any atom is -0.493 e. The summed E-state index contributed by atoms with van der Waals surface area (Å²) in [5, 5.41) is 0. The van der Waals surface area contributed by atoms with E-state index in [9.17, 15) is 4.79 Å². The van der Waals surface area contributed by atoms with E-state index >= 15 is 0 Å². The van der Waals surface area contributed by atoms with Crippen molar-refractivity contribution >= 4 is 5.97 Å². The van der Waals surface area contributed by atoms with Gasteiger partial charge in [-0.05, 0) is 44.5 Å². The number of esters is 1. The summed E-state index contributed by atoms with van der Waals surface area (Å²) in [6, 6.07) is 13.6. The highest BCUT2D eigenvalue weighted by Crippen LogP contribution is 2.38. The summed E-state index contributed by atoms with van der Waals surface area (Å²) >= 11 is 0. The Bertz CT molecular complexity index is 1090. The quantitative estimate of drug-likeness (QED) is 0.414. The average Bonchev–Trinajstić information content (AvgIpc) is 3.46. The number of carbonyl (C=O) groups is 1. The Morgan fingerprint density at radius 1 is 1.12 bits per heavy atom. The highest BCUT2D eigenvalue weighted by molar-refractivity contribution is 5.75. The fourth-order valence-electron chi connectivity index (χ4n) is 3.88. The van der Waals surface area contributed by atoms with Gasteiger partial charge in [0, 0.05) is 30.6 Å². The van der Waals surface area contributed by atoms with E-state index < -0.39 is 6.10 Å². The van der Waals surface area contributed by atoms with E-state index in [2.05, 4.69) is 4.98 Å². The molecule has 4 rings (SSSR count). The molecule has 1 aromatic heterocycles. The fraction of sp³-hybridized carbons (Fsp3) is 0.385. The van der Waals surface area contributed by atoms with Crippen LogP contribution in [-0.2, 0) is 33.7 Å². The largest absolute Gasteiger partial charge is 0.493 e. The molecule has 0 saturated carbocycles. The lowest BCUT2D eigenvalue weighted by molar-refractivity contribution is -0.156. The maximum Gasteiger partial charge on any atom is 0.335 e. The van der Waals surface area contributed by atoms with E-state index in [1.165, 1.54) is 0 Å². The van der Waals surface area contributed by atoms with E-state index in [1.54, 1.807) is 6.92 Å². The molecule has 33 heavy (non-hydrogen) atoms. The molecular formula is C26H29NO6. The number of hydrogen-bond acceptors (Lipinski definition) is 7. The summed E-state index contributed by atoms with van der Waals surface area (Å²) < 4.78 is 28.7. The number of aryl methyl sites for hydroxylation is 1. The van der Waals surface area contributed by atoms with Gasteiger partial charge < -0.3 is 23.4 Å². The molecule has 0 N–H and O–H groups in total. The molecule has 2 heterocycles. The Morgan fingerprint density at radius 3 is 2.70 bits per heavy atom. The second-order valence-corrected chi connectivity index (χ2v) is 7.71. The van der Waals surface area contributed by atoms with E-state index in [0.717, 1.165) is 46.1 Å². The van der Waals surface area contributed by atoms with E-state index in [0.29, 0.717) is 38.7 Å². The predicted octanol–water partition coefficient (Wildman–Crippen LogP) is 4.67. The van der Waals surface area contributed by atoms with Gasteiger partial charge >= 0.3 is 5.97 Å². The second-order valence-electron chi connectivity index (χ2n) is 7.71. The van der Waals surface area contributed by atoms with Gasteiger partial charge in [-0.3, -0.25) is 0 Å². The molecule has 0 bridgehead atoms. The number of oxazole rings is 1. The standard InChI is InChI=1S/C26H29NO6/c1-4-29-23(26(28)30-5-2)15-19-11-12-22(20-13-14-31-24(19)20)32-16-21-17(3)33-25(27-21)18-9-7-6-8-10-18/h6-12,23H,4-5,13-16H2,1-3H3. The van der Waals surface area contributed by atoms with Crippen LogP contribution in [0.1, 0.15) is 36.4 Å². The summed E-state index contributed by atoms with van der Waals surface area (Å²) in [5.74, 6) is 2.47. The van der Waals surface area contributed by atoms with Crippen molar-refractivity contribution in [3.8, 4) is 23.0 Å². The van der Waals surface area contributed by atoms with Crippen LogP contribution in [0.15, 0.2) is 46.9 Å². The lowest BCUT2D eigenvalue weighted by Crippen LogP contribution is -2.29. The summed E-state index contributed by atoms with van der Waals surface area (Å²) in [7, 11) is 0. The molecule has 2 aromatic carbocycles. The number of aromatic nitrogens is 1. The van der Waals surface area contributed by atoms with Crippen LogP contribution < -0.4 is 9.47 Å². The molecule has 0 spiro atoms. The number of hydrogen-bond donors (Lipinski definition) is 0.